The fraction of sp³-hybridized carbons (Fsp3) is 0.167. The van der Waals surface area contributed by atoms with Crippen molar-refractivity contribution in [3.05, 3.63) is 34.7 Å². The number of benzene rings is 1. The van der Waals surface area contributed by atoms with Crippen molar-refractivity contribution >= 4 is 17.2 Å². The summed E-state index contributed by atoms with van der Waals surface area (Å²) in [7, 11) is 1.62. The smallest absolute Gasteiger partial charge is 0.224 e. The van der Waals surface area contributed by atoms with Gasteiger partial charge >= 0.3 is 0 Å². The SMILES string of the molecule is COc1cccc(-c2csc(CC(N)=O)n2)c1. The minimum Gasteiger partial charge on any atom is -0.497 e. The van der Waals surface area contributed by atoms with Crippen molar-refractivity contribution < 1.29 is 9.53 Å². The summed E-state index contributed by atoms with van der Waals surface area (Å²) < 4.78 is 5.15. The average Bonchev–Trinajstić information content (AvgIpc) is 2.77. The number of nitrogens with zero attached hydrogens (tertiary/aromatic N) is 1. The highest BCUT2D eigenvalue weighted by Crippen LogP contribution is 2.25. The van der Waals surface area contributed by atoms with Gasteiger partial charge in [-0.2, -0.15) is 0 Å². The molecule has 0 atom stereocenters. The molecule has 1 aromatic heterocycles. The summed E-state index contributed by atoms with van der Waals surface area (Å²) in [6, 6.07) is 7.64. The lowest BCUT2D eigenvalue weighted by Crippen LogP contribution is -2.13. The third kappa shape index (κ3) is 2.82. The normalized spacial score (nSPS) is 10.2. The van der Waals surface area contributed by atoms with E-state index >= 15 is 0 Å². The molecule has 0 spiro atoms. The van der Waals surface area contributed by atoms with Gasteiger partial charge in [-0.1, -0.05) is 12.1 Å². The summed E-state index contributed by atoms with van der Waals surface area (Å²) in [4.78, 5) is 15.1. The number of hydrogen-bond donors (Lipinski definition) is 1. The van der Waals surface area contributed by atoms with Crippen molar-refractivity contribution in [1.29, 1.82) is 0 Å². The monoisotopic (exact) mass is 248 g/mol. The number of carbonyl (C=O) groups is 1. The molecule has 0 bridgehead atoms. The molecule has 0 aliphatic heterocycles. The molecular formula is C12H12N2O2S. The zero-order valence-electron chi connectivity index (χ0n) is 9.34. The molecule has 1 aromatic carbocycles. The Labute approximate surface area is 103 Å². The number of methoxy groups -OCH3 is 1. The topological polar surface area (TPSA) is 65.2 Å². The van der Waals surface area contributed by atoms with E-state index in [-0.39, 0.29) is 12.3 Å². The number of hydrogen-bond acceptors (Lipinski definition) is 4. The Bertz CT molecular complexity index is 537. The molecule has 1 heterocycles. The Morgan fingerprint density at radius 3 is 3.06 bits per heavy atom. The summed E-state index contributed by atoms with van der Waals surface area (Å²) in [5.74, 6) is 0.420. The first-order valence-electron chi connectivity index (χ1n) is 5.06. The molecule has 0 aliphatic carbocycles. The van der Waals surface area contributed by atoms with Gasteiger partial charge in [-0.05, 0) is 12.1 Å². The Balaban J connectivity index is 2.26. The van der Waals surface area contributed by atoms with Crippen LogP contribution in [0.5, 0.6) is 5.75 Å². The van der Waals surface area contributed by atoms with E-state index in [1.54, 1.807) is 7.11 Å². The van der Waals surface area contributed by atoms with E-state index in [4.69, 9.17) is 10.5 Å². The van der Waals surface area contributed by atoms with Crippen molar-refractivity contribution in [2.24, 2.45) is 5.73 Å². The van der Waals surface area contributed by atoms with Gasteiger partial charge < -0.3 is 10.5 Å². The van der Waals surface area contributed by atoms with Crippen LogP contribution in [0, 0.1) is 0 Å². The van der Waals surface area contributed by atoms with Crippen LogP contribution < -0.4 is 10.5 Å². The summed E-state index contributed by atoms with van der Waals surface area (Å²) >= 11 is 1.43. The molecule has 0 unspecified atom stereocenters. The molecular weight excluding hydrogens is 236 g/mol. The van der Waals surface area contributed by atoms with Gasteiger partial charge in [0.15, 0.2) is 0 Å². The maximum absolute atomic E-state index is 10.8. The molecule has 4 nitrogen and oxygen atoms in total. The van der Waals surface area contributed by atoms with Crippen molar-refractivity contribution in [3.63, 3.8) is 0 Å². The van der Waals surface area contributed by atoms with Crippen LogP contribution in [0.1, 0.15) is 5.01 Å². The molecule has 2 N–H and O–H groups in total. The van der Waals surface area contributed by atoms with Gasteiger partial charge in [0.25, 0.3) is 0 Å². The highest BCUT2D eigenvalue weighted by Gasteiger charge is 2.07. The molecule has 2 aromatic rings. The molecule has 1 amide bonds. The zero-order valence-corrected chi connectivity index (χ0v) is 10.2. The maximum Gasteiger partial charge on any atom is 0.224 e. The lowest BCUT2D eigenvalue weighted by molar-refractivity contribution is -0.117. The lowest BCUT2D eigenvalue weighted by atomic mass is 10.2. The van der Waals surface area contributed by atoms with Gasteiger partial charge in [0.2, 0.25) is 5.91 Å². The van der Waals surface area contributed by atoms with Gasteiger partial charge in [-0.25, -0.2) is 4.98 Å². The second-order valence-corrected chi connectivity index (χ2v) is 4.44. The van der Waals surface area contributed by atoms with Crippen LogP contribution in [-0.4, -0.2) is 18.0 Å². The number of amides is 1. The number of thiazole rings is 1. The third-order valence-electron chi connectivity index (χ3n) is 2.24. The highest BCUT2D eigenvalue weighted by molar-refractivity contribution is 7.10. The van der Waals surface area contributed by atoms with Crippen LogP contribution in [0.2, 0.25) is 0 Å². The minimum absolute atomic E-state index is 0.189. The highest BCUT2D eigenvalue weighted by atomic mass is 32.1. The molecule has 2 rings (SSSR count). The largest absolute Gasteiger partial charge is 0.497 e. The molecule has 88 valence electrons. The number of rotatable bonds is 4. The summed E-state index contributed by atoms with van der Waals surface area (Å²) in [5.41, 5.74) is 6.93. The van der Waals surface area contributed by atoms with Crippen LogP contribution in [0.3, 0.4) is 0 Å². The van der Waals surface area contributed by atoms with E-state index in [0.29, 0.717) is 0 Å². The van der Waals surface area contributed by atoms with Crippen LogP contribution in [0.15, 0.2) is 29.6 Å². The summed E-state index contributed by atoms with van der Waals surface area (Å²) in [6.07, 6.45) is 0.189. The van der Waals surface area contributed by atoms with Gasteiger partial charge in [0.05, 0.1) is 19.2 Å². The zero-order chi connectivity index (χ0) is 12.3. The van der Waals surface area contributed by atoms with Gasteiger partial charge in [0.1, 0.15) is 10.8 Å². The fourth-order valence-corrected chi connectivity index (χ4v) is 2.27. The summed E-state index contributed by atoms with van der Waals surface area (Å²) in [5, 5.41) is 2.64. The molecule has 0 aliphatic rings. The number of nitrogens with two attached hydrogens (primary N) is 1. The van der Waals surface area contributed by atoms with Crippen LogP contribution in [-0.2, 0) is 11.2 Å². The van der Waals surface area contributed by atoms with Crippen molar-refractivity contribution in [1.82, 2.24) is 4.98 Å². The molecule has 0 radical (unpaired) electrons. The van der Waals surface area contributed by atoms with Crippen LogP contribution >= 0.6 is 11.3 Å². The lowest BCUT2D eigenvalue weighted by Gasteiger charge is -2.01. The Kier molecular flexibility index (Phi) is 3.39. The Hall–Kier alpha value is -1.88. The van der Waals surface area contributed by atoms with Crippen LogP contribution in [0.4, 0.5) is 0 Å². The van der Waals surface area contributed by atoms with E-state index in [1.807, 2.05) is 29.6 Å². The van der Waals surface area contributed by atoms with E-state index in [9.17, 15) is 4.79 Å². The maximum atomic E-state index is 10.8. The first-order valence-corrected chi connectivity index (χ1v) is 5.94. The van der Waals surface area contributed by atoms with Gasteiger partial charge in [-0.3, -0.25) is 4.79 Å². The van der Waals surface area contributed by atoms with E-state index in [0.717, 1.165) is 22.0 Å². The Morgan fingerprint density at radius 2 is 2.35 bits per heavy atom. The fourth-order valence-electron chi connectivity index (χ4n) is 1.46. The van der Waals surface area contributed by atoms with E-state index < -0.39 is 0 Å². The number of aromatic nitrogens is 1. The second-order valence-electron chi connectivity index (χ2n) is 3.50. The van der Waals surface area contributed by atoms with Gasteiger partial charge in [0, 0.05) is 10.9 Å². The third-order valence-corrected chi connectivity index (χ3v) is 3.09. The summed E-state index contributed by atoms with van der Waals surface area (Å²) in [6.45, 7) is 0. The predicted molar refractivity (Wildman–Crippen MR) is 67.0 cm³/mol. The number of carbonyl (C=O) groups excluding carboxylic acids is 1. The van der Waals surface area contributed by atoms with Gasteiger partial charge in [-0.15, -0.1) is 11.3 Å². The van der Waals surface area contributed by atoms with Crippen molar-refractivity contribution in [3.8, 4) is 17.0 Å². The van der Waals surface area contributed by atoms with Crippen LogP contribution in [0.25, 0.3) is 11.3 Å². The molecule has 0 saturated carbocycles. The number of ether oxygens (including phenoxy) is 1. The van der Waals surface area contributed by atoms with Crippen molar-refractivity contribution in [2.75, 3.05) is 7.11 Å². The molecule has 0 fully saturated rings. The average molecular weight is 248 g/mol. The first-order chi connectivity index (χ1) is 8.19. The number of primary amides is 1. The molecule has 17 heavy (non-hydrogen) atoms. The Morgan fingerprint density at radius 1 is 1.53 bits per heavy atom. The minimum atomic E-state index is -0.364. The molecule has 0 saturated heterocycles. The first kappa shape index (κ1) is 11.6. The quantitative estimate of drug-likeness (QED) is 0.898. The van der Waals surface area contributed by atoms with E-state index in [2.05, 4.69) is 4.98 Å². The second kappa shape index (κ2) is 4.97. The standard InChI is InChI=1S/C12H12N2O2S/c1-16-9-4-2-3-8(5-9)10-7-17-12(14-10)6-11(13)15/h2-5,7H,6H2,1H3,(H2,13,15). The van der Waals surface area contributed by atoms with Crippen molar-refractivity contribution in [2.45, 2.75) is 6.42 Å². The molecule has 5 heteroatoms. The van der Waals surface area contributed by atoms with E-state index in [1.165, 1.54) is 11.3 Å². The predicted octanol–water partition coefficient (Wildman–Crippen LogP) is 1.85.